The van der Waals surface area contributed by atoms with Crippen LogP contribution in [0.4, 0.5) is 11.8 Å². The molecule has 0 amide bonds. The van der Waals surface area contributed by atoms with Gasteiger partial charge in [0.25, 0.3) is 0 Å². The molecule has 8 heteroatoms. The Balaban J connectivity index is 1.69. The Hall–Kier alpha value is -1.93. The predicted octanol–water partition coefficient (Wildman–Crippen LogP) is 0.780. The number of imidazole rings is 1. The maximum atomic E-state index is 5.79. The van der Waals surface area contributed by atoms with E-state index in [-0.39, 0.29) is 5.95 Å². The Morgan fingerprint density at radius 2 is 2.00 bits per heavy atom. The number of fused-ring (bicyclic) bond motifs is 1. The van der Waals surface area contributed by atoms with Crippen LogP contribution in [0.5, 0.6) is 0 Å². The van der Waals surface area contributed by atoms with Gasteiger partial charge in [-0.25, -0.2) is 4.98 Å². The van der Waals surface area contributed by atoms with Crippen LogP contribution >= 0.6 is 0 Å². The van der Waals surface area contributed by atoms with E-state index in [1.807, 2.05) is 18.4 Å². The first-order chi connectivity index (χ1) is 9.94. The lowest BCUT2D eigenvalue weighted by Gasteiger charge is -2.35. The maximum Gasteiger partial charge on any atom is 0.224 e. The summed E-state index contributed by atoms with van der Waals surface area (Å²) in [5.41, 5.74) is 12.7. The lowest BCUT2D eigenvalue weighted by Crippen LogP contribution is -2.39. The molecule has 1 aliphatic rings. The molecule has 2 aromatic heterocycles. The van der Waals surface area contributed by atoms with Crippen molar-refractivity contribution in [2.75, 3.05) is 24.7 Å². The van der Waals surface area contributed by atoms with E-state index in [1.165, 1.54) is 0 Å². The van der Waals surface area contributed by atoms with Gasteiger partial charge in [0.15, 0.2) is 17.3 Å². The van der Waals surface area contributed by atoms with Gasteiger partial charge in [0.05, 0.1) is 19.5 Å². The minimum Gasteiger partial charge on any atom is -0.382 e. The first kappa shape index (κ1) is 14.0. The molecule has 0 aromatic carbocycles. The molecule has 0 aliphatic carbocycles. The van der Waals surface area contributed by atoms with Gasteiger partial charge in [-0.15, -0.1) is 0 Å². The summed E-state index contributed by atoms with van der Waals surface area (Å²) < 4.78 is 13.3. The summed E-state index contributed by atoms with van der Waals surface area (Å²) in [6.45, 7) is 5.99. The van der Waals surface area contributed by atoms with Crippen LogP contribution in [0, 0.1) is 5.92 Å². The third kappa shape index (κ3) is 2.91. The van der Waals surface area contributed by atoms with Crippen molar-refractivity contribution in [1.82, 2.24) is 19.5 Å². The molecule has 3 heterocycles. The normalized spacial score (nSPS) is 19.1. The Labute approximate surface area is 122 Å². The van der Waals surface area contributed by atoms with Gasteiger partial charge in [-0.2, -0.15) is 9.97 Å². The van der Waals surface area contributed by atoms with Crippen LogP contribution in [0.1, 0.15) is 20.3 Å². The number of nitrogens with zero attached hydrogens (tertiary/aromatic N) is 4. The highest BCUT2D eigenvalue weighted by Gasteiger charge is 2.28. The second-order valence-corrected chi connectivity index (χ2v) is 5.75. The van der Waals surface area contributed by atoms with Crippen molar-refractivity contribution in [3.8, 4) is 0 Å². The fraction of sp³-hybridized carbons (Fsp3) is 0.615. The molecule has 0 bridgehead atoms. The molecule has 3 rings (SSSR count). The van der Waals surface area contributed by atoms with Crippen molar-refractivity contribution in [3.05, 3.63) is 6.33 Å². The van der Waals surface area contributed by atoms with Crippen molar-refractivity contribution in [2.24, 2.45) is 5.92 Å². The zero-order valence-electron chi connectivity index (χ0n) is 12.2. The standard InChI is InChI=1S/C13H20N6O2/c1-13(2)20-5-8(6-21-13)3-4-19-7-16-9-10(14)17-12(15)18-11(9)19/h7-8H,3-6H2,1-2H3,(H4,14,15,17,18). The first-order valence-corrected chi connectivity index (χ1v) is 6.96. The van der Waals surface area contributed by atoms with Crippen LogP contribution in [-0.2, 0) is 16.0 Å². The molecule has 21 heavy (non-hydrogen) atoms. The van der Waals surface area contributed by atoms with Gasteiger partial charge in [0, 0.05) is 12.5 Å². The van der Waals surface area contributed by atoms with Crippen LogP contribution in [0.25, 0.3) is 11.2 Å². The summed E-state index contributed by atoms with van der Waals surface area (Å²) >= 11 is 0. The van der Waals surface area contributed by atoms with Crippen molar-refractivity contribution in [2.45, 2.75) is 32.6 Å². The van der Waals surface area contributed by atoms with E-state index < -0.39 is 5.79 Å². The molecular formula is C13H20N6O2. The van der Waals surface area contributed by atoms with Crippen molar-refractivity contribution in [3.63, 3.8) is 0 Å². The number of hydrogen-bond acceptors (Lipinski definition) is 7. The summed E-state index contributed by atoms with van der Waals surface area (Å²) in [6, 6.07) is 0. The van der Waals surface area contributed by atoms with Crippen molar-refractivity contribution < 1.29 is 9.47 Å². The minimum absolute atomic E-state index is 0.160. The zero-order chi connectivity index (χ0) is 15.0. The van der Waals surface area contributed by atoms with E-state index in [0.29, 0.717) is 36.1 Å². The summed E-state index contributed by atoms with van der Waals surface area (Å²) in [5, 5.41) is 0. The molecule has 4 N–H and O–H groups in total. The molecule has 2 aromatic rings. The Morgan fingerprint density at radius 1 is 1.29 bits per heavy atom. The zero-order valence-corrected chi connectivity index (χ0v) is 12.2. The SMILES string of the molecule is CC1(C)OCC(CCn2cnc3c(N)nc(N)nc32)CO1. The minimum atomic E-state index is -0.478. The van der Waals surface area contributed by atoms with E-state index in [4.69, 9.17) is 20.9 Å². The van der Waals surface area contributed by atoms with Crippen LogP contribution < -0.4 is 11.5 Å². The highest BCUT2D eigenvalue weighted by atomic mass is 16.7. The number of rotatable bonds is 3. The lowest BCUT2D eigenvalue weighted by atomic mass is 10.1. The van der Waals surface area contributed by atoms with Gasteiger partial charge in [0.2, 0.25) is 5.95 Å². The molecule has 0 unspecified atom stereocenters. The number of anilines is 2. The molecule has 1 aliphatic heterocycles. The Morgan fingerprint density at radius 3 is 2.71 bits per heavy atom. The average molecular weight is 292 g/mol. The summed E-state index contributed by atoms with van der Waals surface area (Å²) in [7, 11) is 0. The third-order valence-corrected chi connectivity index (χ3v) is 3.62. The van der Waals surface area contributed by atoms with Gasteiger partial charge in [-0.05, 0) is 20.3 Å². The number of nitrogen functional groups attached to an aromatic ring is 2. The van der Waals surface area contributed by atoms with Crippen LogP contribution in [0.2, 0.25) is 0 Å². The Kier molecular flexibility index (Phi) is 3.42. The molecule has 1 fully saturated rings. The highest BCUT2D eigenvalue weighted by Crippen LogP contribution is 2.23. The van der Waals surface area contributed by atoms with Gasteiger partial charge in [0.1, 0.15) is 5.52 Å². The lowest BCUT2D eigenvalue weighted by molar-refractivity contribution is -0.262. The number of aromatic nitrogens is 4. The third-order valence-electron chi connectivity index (χ3n) is 3.62. The molecular weight excluding hydrogens is 272 g/mol. The largest absolute Gasteiger partial charge is 0.382 e. The molecule has 8 nitrogen and oxygen atoms in total. The monoisotopic (exact) mass is 292 g/mol. The van der Waals surface area contributed by atoms with Gasteiger partial charge in [-0.1, -0.05) is 0 Å². The van der Waals surface area contributed by atoms with Crippen LogP contribution in [0.3, 0.4) is 0 Å². The molecule has 1 saturated heterocycles. The molecule has 0 saturated carbocycles. The van der Waals surface area contributed by atoms with Gasteiger partial charge >= 0.3 is 0 Å². The predicted molar refractivity (Wildman–Crippen MR) is 78.2 cm³/mol. The Bertz CT molecular complexity index is 643. The maximum absolute atomic E-state index is 5.79. The number of nitrogens with two attached hydrogens (primary N) is 2. The molecule has 114 valence electrons. The van der Waals surface area contributed by atoms with E-state index in [9.17, 15) is 0 Å². The smallest absolute Gasteiger partial charge is 0.224 e. The second kappa shape index (κ2) is 5.12. The number of ether oxygens (including phenoxy) is 2. The van der Waals surface area contributed by atoms with Gasteiger partial charge in [-0.3, -0.25) is 0 Å². The number of hydrogen-bond donors (Lipinski definition) is 2. The fourth-order valence-corrected chi connectivity index (χ4v) is 2.36. The van der Waals surface area contributed by atoms with E-state index in [2.05, 4.69) is 15.0 Å². The van der Waals surface area contributed by atoms with Gasteiger partial charge < -0.3 is 25.5 Å². The summed E-state index contributed by atoms with van der Waals surface area (Å²) in [5.74, 6) is 0.344. The number of aryl methyl sites for hydroxylation is 1. The van der Waals surface area contributed by atoms with Crippen molar-refractivity contribution in [1.29, 1.82) is 0 Å². The molecule has 0 radical (unpaired) electrons. The van der Waals surface area contributed by atoms with Crippen LogP contribution in [0.15, 0.2) is 6.33 Å². The first-order valence-electron chi connectivity index (χ1n) is 6.96. The van der Waals surface area contributed by atoms with E-state index >= 15 is 0 Å². The molecule has 0 atom stereocenters. The van der Waals surface area contributed by atoms with E-state index in [0.717, 1.165) is 13.0 Å². The molecule has 0 spiro atoms. The summed E-state index contributed by atoms with van der Waals surface area (Å²) in [4.78, 5) is 12.4. The fourth-order valence-electron chi connectivity index (χ4n) is 2.36. The second-order valence-electron chi connectivity index (χ2n) is 5.75. The average Bonchev–Trinajstić information content (AvgIpc) is 2.81. The van der Waals surface area contributed by atoms with E-state index in [1.54, 1.807) is 6.33 Å². The van der Waals surface area contributed by atoms with Crippen molar-refractivity contribution >= 4 is 22.9 Å². The van der Waals surface area contributed by atoms with Crippen LogP contribution in [-0.4, -0.2) is 38.5 Å². The summed E-state index contributed by atoms with van der Waals surface area (Å²) in [6.07, 6.45) is 2.62. The highest BCUT2D eigenvalue weighted by molar-refractivity contribution is 5.82. The quantitative estimate of drug-likeness (QED) is 0.859. The topological polar surface area (TPSA) is 114 Å².